The highest BCUT2D eigenvalue weighted by Crippen LogP contribution is 2.34. The van der Waals surface area contributed by atoms with Crippen LogP contribution in [-0.4, -0.2) is 36.4 Å². The molecule has 0 atom stereocenters. The van der Waals surface area contributed by atoms with Gasteiger partial charge in [0.05, 0.1) is 17.9 Å². The zero-order valence-corrected chi connectivity index (χ0v) is 12.7. The minimum Gasteiger partial charge on any atom is -0.383 e. The molecule has 0 aliphatic rings. The van der Waals surface area contributed by atoms with E-state index >= 15 is 0 Å². The molecule has 2 rings (SSSR count). The van der Waals surface area contributed by atoms with E-state index in [1.807, 2.05) is 0 Å². The second-order valence-electron chi connectivity index (χ2n) is 4.72. The van der Waals surface area contributed by atoms with Crippen molar-refractivity contribution in [2.45, 2.75) is 6.18 Å². The Hall–Kier alpha value is -2.68. The summed E-state index contributed by atoms with van der Waals surface area (Å²) >= 11 is 0. The van der Waals surface area contributed by atoms with Crippen molar-refractivity contribution >= 4 is 17.4 Å². The lowest BCUT2D eigenvalue weighted by Gasteiger charge is -2.13. The lowest BCUT2D eigenvalue weighted by Crippen LogP contribution is -2.18. The summed E-state index contributed by atoms with van der Waals surface area (Å²) in [6.07, 6.45) is -4.56. The number of hydrogen-bond donors (Lipinski definition) is 2. The van der Waals surface area contributed by atoms with Gasteiger partial charge in [0.25, 0.3) is 5.91 Å². The molecule has 0 bridgehead atoms. The fourth-order valence-electron chi connectivity index (χ4n) is 1.85. The summed E-state index contributed by atoms with van der Waals surface area (Å²) in [5, 5.41) is 12.6. The number of hydrogen-bond acceptors (Lipinski definition) is 5. The van der Waals surface area contributed by atoms with Crippen molar-refractivity contribution in [1.82, 2.24) is 10.2 Å². The molecular formula is C15H15F3N4O2. The summed E-state index contributed by atoms with van der Waals surface area (Å²) in [6.45, 7) is 0.980. The fraction of sp³-hybridized carbons (Fsp3) is 0.267. The highest BCUT2D eigenvalue weighted by Gasteiger charge is 2.33. The lowest BCUT2D eigenvalue weighted by molar-refractivity contribution is -0.136. The predicted molar refractivity (Wildman–Crippen MR) is 81.8 cm³/mol. The van der Waals surface area contributed by atoms with Crippen LogP contribution in [0.3, 0.4) is 0 Å². The molecule has 24 heavy (non-hydrogen) atoms. The van der Waals surface area contributed by atoms with E-state index in [1.54, 1.807) is 7.11 Å². The molecule has 9 heteroatoms. The van der Waals surface area contributed by atoms with E-state index in [1.165, 1.54) is 30.3 Å². The summed E-state index contributed by atoms with van der Waals surface area (Å²) in [4.78, 5) is 12.0. The van der Waals surface area contributed by atoms with Crippen LogP contribution in [0.5, 0.6) is 0 Å². The van der Waals surface area contributed by atoms with Crippen molar-refractivity contribution in [2.24, 2.45) is 0 Å². The van der Waals surface area contributed by atoms with Crippen molar-refractivity contribution in [3.05, 3.63) is 47.7 Å². The number of alkyl halides is 3. The number of aromatic nitrogens is 2. The van der Waals surface area contributed by atoms with Crippen molar-refractivity contribution in [2.75, 3.05) is 30.9 Å². The summed E-state index contributed by atoms with van der Waals surface area (Å²) in [5.41, 5.74) is -1.35. The average Bonchev–Trinajstić information content (AvgIpc) is 2.55. The molecule has 0 aliphatic carbocycles. The van der Waals surface area contributed by atoms with Gasteiger partial charge in [0.15, 0.2) is 5.69 Å². The number of carbonyl (C=O) groups excluding carboxylic acids is 1. The van der Waals surface area contributed by atoms with Gasteiger partial charge in [-0.2, -0.15) is 13.2 Å². The number of methoxy groups -OCH3 is 1. The third kappa shape index (κ3) is 4.66. The second kappa shape index (κ2) is 7.73. The van der Waals surface area contributed by atoms with Gasteiger partial charge in [-0.05, 0) is 24.3 Å². The van der Waals surface area contributed by atoms with E-state index in [2.05, 4.69) is 20.8 Å². The van der Waals surface area contributed by atoms with Gasteiger partial charge < -0.3 is 15.4 Å². The maximum Gasteiger partial charge on any atom is 0.418 e. The zero-order chi connectivity index (χ0) is 17.6. The predicted octanol–water partition coefficient (Wildman–Crippen LogP) is 2.81. The monoisotopic (exact) mass is 340 g/mol. The minimum atomic E-state index is -4.56. The number of anilines is 2. The van der Waals surface area contributed by atoms with E-state index in [0.717, 1.165) is 6.07 Å². The highest BCUT2D eigenvalue weighted by atomic mass is 19.4. The SMILES string of the molecule is COCCNc1ccc(C(=O)Nc2ccccc2C(F)(F)F)nn1. The van der Waals surface area contributed by atoms with Crippen LogP contribution >= 0.6 is 0 Å². The third-order valence-electron chi connectivity index (χ3n) is 2.99. The Morgan fingerprint density at radius 1 is 1.17 bits per heavy atom. The molecule has 2 N–H and O–H groups in total. The van der Waals surface area contributed by atoms with E-state index < -0.39 is 17.6 Å². The highest BCUT2D eigenvalue weighted by molar-refractivity contribution is 6.03. The van der Waals surface area contributed by atoms with Crippen molar-refractivity contribution in [3.8, 4) is 0 Å². The molecule has 2 aromatic rings. The molecule has 1 aromatic carbocycles. The zero-order valence-electron chi connectivity index (χ0n) is 12.7. The Morgan fingerprint density at radius 2 is 1.92 bits per heavy atom. The van der Waals surface area contributed by atoms with Gasteiger partial charge in [-0.15, -0.1) is 10.2 Å². The Labute approximate surface area is 136 Å². The summed E-state index contributed by atoms with van der Waals surface area (Å²) in [6, 6.07) is 7.60. The first-order valence-electron chi connectivity index (χ1n) is 6.96. The van der Waals surface area contributed by atoms with E-state index in [4.69, 9.17) is 4.74 Å². The Balaban J connectivity index is 2.08. The summed E-state index contributed by atoms with van der Waals surface area (Å²) < 4.78 is 43.6. The lowest BCUT2D eigenvalue weighted by atomic mass is 10.1. The van der Waals surface area contributed by atoms with Gasteiger partial charge >= 0.3 is 6.18 Å². The number of amides is 1. The number of para-hydroxylation sites is 1. The van der Waals surface area contributed by atoms with E-state index in [0.29, 0.717) is 19.0 Å². The molecule has 1 amide bonds. The number of halogens is 3. The quantitative estimate of drug-likeness (QED) is 0.791. The standard InChI is InChI=1S/C15H15F3N4O2/c1-24-9-8-19-13-7-6-12(21-22-13)14(23)20-11-5-3-2-4-10(11)15(16,17)18/h2-7H,8-9H2,1H3,(H,19,22)(H,20,23). The van der Waals surface area contributed by atoms with Crippen LogP contribution < -0.4 is 10.6 Å². The molecular weight excluding hydrogens is 325 g/mol. The van der Waals surface area contributed by atoms with E-state index in [-0.39, 0.29) is 11.4 Å². The Kier molecular flexibility index (Phi) is 5.69. The second-order valence-corrected chi connectivity index (χ2v) is 4.72. The first-order chi connectivity index (χ1) is 11.4. The normalized spacial score (nSPS) is 11.2. The minimum absolute atomic E-state index is 0.0933. The number of carbonyl (C=O) groups is 1. The van der Waals surface area contributed by atoms with Crippen molar-refractivity contribution < 1.29 is 22.7 Å². The number of rotatable bonds is 6. The van der Waals surface area contributed by atoms with Crippen molar-refractivity contribution in [1.29, 1.82) is 0 Å². The van der Waals surface area contributed by atoms with Crippen LogP contribution in [0.2, 0.25) is 0 Å². The van der Waals surface area contributed by atoms with E-state index in [9.17, 15) is 18.0 Å². The first kappa shape index (κ1) is 17.7. The summed E-state index contributed by atoms with van der Waals surface area (Å²) in [5.74, 6) is -0.345. The van der Waals surface area contributed by atoms with Crippen LogP contribution in [-0.2, 0) is 10.9 Å². The maximum absolute atomic E-state index is 12.9. The van der Waals surface area contributed by atoms with Gasteiger partial charge in [-0.1, -0.05) is 12.1 Å². The average molecular weight is 340 g/mol. The largest absolute Gasteiger partial charge is 0.418 e. The first-order valence-corrected chi connectivity index (χ1v) is 6.96. The molecule has 6 nitrogen and oxygen atoms in total. The number of nitrogens with one attached hydrogen (secondary N) is 2. The van der Waals surface area contributed by atoms with Crippen LogP contribution in [0.25, 0.3) is 0 Å². The van der Waals surface area contributed by atoms with Gasteiger partial charge in [0.2, 0.25) is 0 Å². The van der Waals surface area contributed by atoms with Gasteiger partial charge in [-0.25, -0.2) is 0 Å². The summed E-state index contributed by atoms with van der Waals surface area (Å²) in [7, 11) is 1.56. The molecule has 0 radical (unpaired) electrons. The number of benzene rings is 1. The number of ether oxygens (including phenoxy) is 1. The molecule has 0 fully saturated rings. The molecule has 1 aromatic heterocycles. The number of nitrogens with zero attached hydrogens (tertiary/aromatic N) is 2. The molecule has 0 saturated heterocycles. The van der Waals surface area contributed by atoms with Crippen molar-refractivity contribution in [3.63, 3.8) is 0 Å². The molecule has 128 valence electrons. The Morgan fingerprint density at radius 3 is 2.54 bits per heavy atom. The van der Waals surface area contributed by atoms with Crippen LogP contribution in [0.15, 0.2) is 36.4 Å². The van der Waals surface area contributed by atoms with Gasteiger partial charge in [0, 0.05) is 13.7 Å². The fourth-order valence-corrected chi connectivity index (χ4v) is 1.85. The molecule has 1 heterocycles. The third-order valence-corrected chi connectivity index (χ3v) is 2.99. The topological polar surface area (TPSA) is 76.1 Å². The molecule has 0 spiro atoms. The van der Waals surface area contributed by atoms with Gasteiger partial charge in [0.1, 0.15) is 5.82 Å². The van der Waals surface area contributed by atoms with Crippen LogP contribution in [0, 0.1) is 0 Å². The maximum atomic E-state index is 12.9. The van der Waals surface area contributed by atoms with Gasteiger partial charge in [-0.3, -0.25) is 4.79 Å². The smallest absolute Gasteiger partial charge is 0.383 e. The van der Waals surface area contributed by atoms with Crippen LogP contribution in [0.4, 0.5) is 24.7 Å². The molecule has 0 aliphatic heterocycles. The molecule has 0 unspecified atom stereocenters. The Bertz CT molecular complexity index is 690. The molecule has 0 saturated carbocycles. The van der Waals surface area contributed by atoms with Crippen LogP contribution in [0.1, 0.15) is 16.1 Å².